The molecule has 18 heavy (non-hydrogen) atoms. The summed E-state index contributed by atoms with van der Waals surface area (Å²) in [6, 6.07) is 0. The lowest BCUT2D eigenvalue weighted by Crippen LogP contribution is -2.08. The van der Waals surface area contributed by atoms with E-state index in [2.05, 4.69) is 27.6 Å². The summed E-state index contributed by atoms with van der Waals surface area (Å²) < 4.78 is 6.43. The minimum Gasteiger partial charge on any atom is -0.380 e. The van der Waals surface area contributed by atoms with Crippen LogP contribution in [0.3, 0.4) is 0 Å². The molecule has 0 fully saturated rings. The number of halogens is 1. The molecule has 0 saturated carbocycles. The van der Waals surface area contributed by atoms with E-state index >= 15 is 0 Å². The average molecular weight is 286 g/mol. The van der Waals surface area contributed by atoms with Crippen molar-refractivity contribution in [2.24, 2.45) is 0 Å². The van der Waals surface area contributed by atoms with Gasteiger partial charge in [-0.2, -0.15) is 0 Å². The van der Waals surface area contributed by atoms with Gasteiger partial charge in [-0.05, 0) is 24.3 Å². The highest BCUT2D eigenvalue weighted by atomic mass is 35.5. The van der Waals surface area contributed by atoms with E-state index < -0.39 is 0 Å². The van der Waals surface area contributed by atoms with Gasteiger partial charge in [0, 0.05) is 19.0 Å². The summed E-state index contributed by atoms with van der Waals surface area (Å²) in [6.07, 6.45) is 2.54. The van der Waals surface area contributed by atoms with Crippen molar-refractivity contribution in [3.63, 3.8) is 0 Å². The lowest BCUT2D eigenvalue weighted by atomic mass is 10.3. The van der Waals surface area contributed by atoms with Crippen molar-refractivity contribution >= 4 is 39.0 Å². The Bertz CT molecular complexity index is 503. The zero-order chi connectivity index (χ0) is 12.8. The summed E-state index contributed by atoms with van der Waals surface area (Å²) in [7, 11) is 0. The van der Waals surface area contributed by atoms with E-state index in [1.807, 2.05) is 0 Å². The second kappa shape index (κ2) is 6.87. The number of hydrogen-bond acceptors (Lipinski definition) is 5. The van der Waals surface area contributed by atoms with Crippen LogP contribution in [0.25, 0.3) is 10.2 Å². The van der Waals surface area contributed by atoms with E-state index in [1.54, 1.807) is 17.7 Å². The van der Waals surface area contributed by atoms with Crippen molar-refractivity contribution in [1.29, 1.82) is 0 Å². The van der Waals surface area contributed by atoms with Gasteiger partial charge in [0.2, 0.25) is 0 Å². The molecule has 1 N–H and O–H groups in total. The van der Waals surface area contributed by atoms with Crippen LogP contribution >= 0.6 is 22.9 Å². The second-order valence-corrected chi connectivity index (χ2v) is 5.16. The standard InChI is InChI=1S/C12H16ClN3OS/c1-9-7-18-11-10(9)15-8-16-12(11)14-4-2-5-17-6-3-13/h7-8H,2-6H2,1H3,(H,14,15,16). The molecule has 0 saturated heterocycles. The van der Waals surface area contributed by atoms with E-state index in [4.69, 9.17) is 16.3 Å². The number of nitrogens with one attached hydrogen (secondary N) is 1. The van der Waals surface area contributed by atoms with E-state index in [-0.39, 0.29) is 0 Å². The molecule has 0 aliphatic heterocycles. The molecular formula is C12H16ClN3OS. The number of aromatic nitrogens is 2. The van der Waals surface area contributed by atoms with Gasteiger partial charge in [-0.25, -0.2) is 9.97 Å². The quantitative estimate of drug-likeness (QED) is 0.627. The Kier molecular flexibility index (Phi) is 5.16. The molecule has 0 amide bonds. The maximum atomic E-state index is 5.52. The van der Waals surface area contributed by atoms with Crippen molar-refractivity contribution in [2.45, 2.75) is 13.3 Å². The number of ether oxygens (including phenoxy) is 1. The van der Waals surface area contributed by atoms with Gasteiger partial charge in [0.05, 0.1) is 16.8 Å². The Morgan fingerprint density at radius 3 is 3.11 bits per heavy atom. The van der Waals surface area contributed by atoms with Crippen LogP contribution in [0.4, 0.5) is 5.82 Å². The first-order chi connectivity index (χ1) is 8.83. The Morgan fingerprint density at radius 1 is 1.39 bits per heavy atom. The fourth-order valence-corrected chi connectivity index (χ4v) is 2.71. The summed E-state index contributed by atoms with van der Waals surface area (Å²) in [6.45, 7) is 4.24. The third-order valence-corrected chi connectivity index (χ3v) is 3.76. The molecule has 0 aliphatic rings. The molecule has 2 heterocycles. The molecule has 6 heteroatoms. The van der Waals surface area contributed by atoms with Crippen LogP contribution in [0.2, 0.25) is 0 Å². The van der Waals surface area contributed by atoms with Crippen molar-refractivity contribution in [3.05, 3.63) is 17.3 Å². The maximum absolute atomic E-state index is 5.52. The molecule has 0 aliphatic carbocycles. The van der Waals surface area contributed by atoms with Gasteiger partial charge in [0.1, 0.15) is 12.1 Å². The van der Waals surface area contributed by atoms with Crippen LogP contribution in [0.15, 0.2) is 11.7 Å². The SMILES string of the molecule is Cc1csc2c(NCCCOCCCl)ncnc12. The lowest BCUT2D eigenvalue weighted by molar-refractivity contribution is 0.149. The molecule has 0 atom stereocenters. The van der Waals surface area contributed by atoms with E-state index in [0.717, 1.165) is 35.6 Å². The summed E-state index contributed by atoms with van der Waals surface area (Å²) >= 11 is 7.20. The summed E-state index contributed by atoms with van der Waals surface area (Å²) in [5.41, 5.74) is 2.24. The molecule has 0 unspecified atom stereocenters. The minimum absolute atomic E-state index is 0.550. The Labute approximate surface area is 115 Å². The van der Waals surface area contributed by atoms with E-state index in [0.29, 0.717) is 12.5 Å². The number of anilines is 1. The van der Waals surface area contributed by atoms with Gasteiger partial charge in [0.25, 0.3) is 0 Å². The topological polar surface area (TPSA) is 47.0 Å². The van der Waals surface area contributed by atoms with Gasteiger partial charge < -0.3 is 10.1 Å². The fourth-order valence-electron chi connectivity index (χ4n) is 1.63. The highest BCUT2D eigenvalue weighted by Crippen LogP contribution is 2.28. The highest BCUT2D eigenvalue weighted by Gasteiger charge is 2.06. The molecule has 2 rings (SSSR count). The molecule has 4 nitrogen and oxygen atoms in total. The third kappa shape index (κ3) is 3.31. The molecule has 0 bridgehead atoms. The first kappa shape index (κ1) is 13.5. The molecule has 2 aromatic rings. The van der Waals surface area contributed by atoms with Crippen molar-refractivity contribution in [1.82, 2.24) is 9.97 Å². The fraction of sp³-hybridized carbons (Fsp3) is 0.500. The number of alkyl halides is 1. The first-order valence-electron chi connectivity index (χ1n) is 5.89. The molecule has 98 valence electrons. The summed E-state index contributed by atoms with van der Waals surface area (Å²) in [5, 5.41) is 5.43. The number of rotatable bonds is 7. The van der Waals surface area contributed by atoms with E-state index in [1.165, 1.54) is 5.56 Å². The monoisotopic (exact) mass is 285 g/mol. The summed E-state index contributed by atoms with van der Waals surface area (Å²) in [5.74, 6) is 1.46. The largest absolute Gasteiger partial charge is 0.380 e. The number of thiophene rings is 1. The highest BCUT2D eigenvalue weighted by molar-refractivity contribution is 7.18. The molecule has 0 spiro atoms. The molecular weight excluding hydrogens is 270 g/mol. The van der Waals surface area contributed by atoms with Gasteiger partial charge in [0.15, 0.2) is 0 Å². The van der Waals surface area contributed by atoms with Crippen LogP contribution in [0.5, 0.6) is 0 Å². The minimum atomic E-state index is 0.550. The zero-order valence-corrected chi connectivity index (χ0v) is 11.9. The second-order valence-electron chi connectivity index (χ2n) is 3.90. The average Bonchev–Trinajstić information content (AvgIpc) is 2.77. The Hall–Kier alpha value is -0.910. The normalized spacial score (nSPS) is 11.0. The van der Waals surface area contributed by atoms with Gasteiger partial charge in [-0.15, -0.1) is 22.9 Å². The predicted octanol–water partition coefficient (Wildman–Crippen LogP) is 3.06. The molecule has 0 radical (unpaired) electrons. The number of aryl methyl sites for hydroxylation is 1. The van der Waals surface area contributed by atoms with Crippen LogP contribution in [-0.2, 0) is 4.74 Å². The smallest absolute Gasteiger partial charge is 0.147 e. The lowest BCUT2D eigenvalue weighted by Gasteiger charge is -2.06. The Morgan fingerprint density at radius 2 is 2.28 bits per heavy atom. The number of fused-ring (bicyclic) bond motifs is 1. The van der Waals surface area contributed by atoms with Crippen LogP contribution in [0, 0.1) is 6.92 Å². The molecule has 0 aromatic carbocycles. The molecule has 2 aromatic heterocycles. The first-order valence-corrected chi connectivity index (χ1v) is 7.30. The van der Waals surface area contributed by atoms with Gasteiger partial charge >= 0.3 is 0 Å². The van der Waals surface area contributed by atoms with Crippen molar-refractivity contribution in [3.8, 4) is 0 Å². The number of nitrogens with zero attached hydrogens (tertiary/aromatic N) is 2. The van der Waals surface area contributed by atoms with Crippen molar-refractivity contribution < 1.29 is 4.74 Å². The van der Waals surface area contributed by atoms with Crippen LogP contribution in [0.1, 0.15) is 12.0 Å². The van der Waals surface area contributed by atoms with Crippen LogP contribution < -0.4 is 5.32 Å². The Balaban J connectivity index is 1.88. The number of hydrogen-bond donors (Lipinski definition) is 1. The predicted molar refractivity (Wildman–Crippen MR) is 76.8 cm³/mol. The zero-order valence-electron chi connectivity index (χ0n) is 10.3. The maximum Gasteiger partial charge on any atom is 0.147 e. The van der Waals surface area contributed by atoms with Gasteiger partial charge in [-0.1, -0.05) is 0 Å². The van der Waals surface area contributed by atoms with E-state index in [9.17, 15) is 0 Å². The van der Waals surface area contributed by atoms with Crippen molar-refractivity contribution in [2.75, 3.05) is 31.0 Å². The van der Waals surface area contributed by atoms with Gasteiger partial charge in [-0.3, -0.25) is 0 Å². The summed E-state index contributed by atoms with van der Waals surface area (Å²) in [4.78, 5) is 8.57. The van der Waals surface area contributed by atoms with Crippen LogP contribution in [-0.4, -0.2) is 35.6 Å². The third-order valence-electron chi connectivity index (χ3n) is 2.51.